The number of oxazole rings is 1. The third-order valence-corrected chi connectivity index (χ3v) is 8.44. The summed E-state index contributed by atoms with van der Waals surface area (Å²) >= 11 is 1.26. The second-order valence-corrected chi connectivity index (χ2v) is 11.2. The van der Waals surface area contributed by atoms with E-state index in [1.807, 2.05) is 30.3 Å². The molecule has 2 saturated heterocycles. The highest BCUT2D eigenvalue weighted by atomic mass is 32.1. The summed E-state index contributed by atoms with van der Waals surface area (Å²) in [4.78, 5) is 38.3. The standard InChI is InChI=1S/C27H22F2N4O4S/c28-27(29)9-18(27)24(34)33-13-26(14-33)12-32(25(35)22-10-30-15-38-22)11-19(26)23-31-20-8-17(6-7-21(20)37-23)36-16-4-2-1-3-5-16/h1-8,10,15,18-19H,9,11-14H2/t18-,19?/m1/s1. The van der Waals surface area contributed by atoms with E-state index in [1.54, 1.807) is 28.6 Å². The maximum Gasteiger partial charge on any atom is 0.265 e. The van der Waals surface area contributed by atoms with Gasteiger partial charge < -0.3 is 19.0 Å². The molecule has 0 bridgehead atoms. The number of ether oxygens (including phenoxy) is 1. The smallest absolute Gasteiger partial charge is 0.265 e. The molecule has 11 heteroatoms. The summed E-state index contributed by atoms with van der Waals surface area (Å²) in [6.45, 7) is 1.27. The highest BCUT2D eigenvalue weighted by molar-refractivity contribution is 7.11. The van der Waals surface area contributed by atoms with Crippen molar-refractivity contribution in [2.24, 2.45) is 11.3 Å². The van der Waals surface area contributed by atoms with Crippen molar-refractivity contribution >= 4 is 34.3 Å². The van der Waals surface area contributed by atoms with Crippen molar-refractivity contribution in [3.63, 3.8) is 0 Å². The molecular weight excluding hydrogens is 514 g/mol. The number of rotatable bonds is 5. The monoisotopic (exact) mass is 536 g/mol. The molecule has 4 heterocycles. The van der Waals surface area contributed by atoms with Gasteiger partial charge in [-0.1, -0.05) is 18.2 Å². The van der Waals surface area contributed by atoms with Crippen LogP contribution in [0.25, 0.3) is 11.1 Å². The van der Waals surface area contributed by atoms with E-state index in [0.29, 0.717) is 46.5 Å². The Bertz CT molecular complexity index is 1540. The van der Waals surface area contributed by atoms with E-state index in [-0.39, 0.29) is 24.9 Å². The van der Waals surface area contributed by atoms with Crippen LogP contribution in [0, 0.1) is 11.3 Å². The maximum absolute atomic E-state index is 13.6. The van der Waals surface area contributed by atoms with Crippen molar-refractivity contribution in [3.8, 4) is 11.5 Å². The molecule has 2 amide bonds. The predicted molar refractivity (Wildman–Crippen MR) is 133 cm³/mol. The van der Waals surface area contributed by atoms with Crippen molar-refractivity contribution < 1.29 is 27.5 Å². The van der Waals surface area contributed by atoms with Crippen LogP contribution in [-0.4, -0.2) is 63.7 Å². The average Bonchev–Trinajstić information content (AvgIpc) is 3.38. The first-order chi connectivity index (χ1) is 18.3. The topological polar surface area (TPSA) is 88.8 Å². The lowest BCUT2D eigenvalue weighted by Crippen LogP contribution is -2.62. The first-order valence-corrected chi connectivity index (χ1v) is 13.2. The van der Waals surface area contributed by atoms with Crippen LogP contribution in [0.15, 0.2) is 64.7 Å². The Morgan fingerprint density at radius 2 is 1.82 bits per heavy atom. The van der Waals surface area contributed by atoms with Crippen molar-refractivity contribution in [2.75, 3.05) is 26.2 Å². The van der Waals surface area contributed by atoms with E-state index in [2.05, 4.69) is 4.98 Å². The molecule has 1 aliphatic carbocycles. The van der Waals surface area contributed by atoms with Crippen LogP contribution in [0.4, 0.5) is 8.78 Å². The first-order valence-electron chi connectivity index (χ1n) is 12.3. The lowest BCUT2D eigenvalue weighted by Gasteiger charge is -2.50. The molecule has 2 aromatic carbocycles. The number of hydrogen-bond donors (Lipinski definition) is 0. The Morgan fingerprint density at radius 3 is 2.53 bits per heavy atom. The molecule has 2 atom stereocenters. The van der Waals surface area contributed by atoms with Crippen molar-refractivity contribution in [2.45, 2.75) is 18.3 Å². The summed E-state index contributed by atoms with van der Waals surface area (Å²) in [6.07, 6.45) is 1.14. The van der Waals surface area contributed by atoms with Crippen LogP contribution in [0.2, 0.25) is 0 Å². The molecule has 8 nitrogen and oxygen atoms in total. The molecule has 38 heavy (non-hydrogen) atoms. The summed E-state index contributed by atoms with van der Waals surface area (Å²) in [5, 5.41) is 0. The Balaban J connectivity index is 1.17. The number of aromatic nitrogens is 2. The highest BCUT2D eigenvalue weighted by Crippen LogP contribution is 2.54. The van der Waals surface area contributed by atoms with Gasteiger partial charge in [0.1, 0.15) is 27.8 Å². The first kappa shape index (κ1) is 23.3. The van der Waals surface area contributed by atoms with E-state index >= 15 is 0 Å². The molecule has 7 rings (SSSR count). The predicted octanol–water partition coefficient (Wildman–Crippen LogP) is 4.80. The van der Waals surface area contributed by atoms with Crippen LogP contribution < -0.4 is 4.74 Å². The minimum atomic E-state index is -2.91. The quantitative estimate of drug-likeness (QED) is 0.364. The molecule has 4 aromatic rings. The number of hydrogen-bond acceptors (Lipinski definition) is 7. The van der Waals surface area contributed by atoms with E-state index in [1.165, 1.54) is 22.4 Å². The van der Waals surface area contributed by atoms with E-state index < -0.39 is 29.6 Å². The Hall–Kier alpha value is -3.86. The summed E-state index contributed by atoms with van der Waals surface area (Å²) < 4.78 is 39.2. The molecule has 2 aromatic heterocycles. The number of carbonyl (C=O) groups excluding carboxylic acids is 2. The fourth-order valence-electron chi connectivity index (χ4n) is 5.59. The van der Waals surface area contributed by atoms with E-state index in [4.69, 9.17) is 14.1 Å². The number of thiazole rings is 1. The van der Waals surface area contributed by atoms with Crippen LogP contribution in [-0.2, 0) is 4.79 Å². The number of para-hydroxylation sites is 1. The van der Waals surface area contributed by atoms with Gasteiger partial charge in [-0.2, -0.15) is 0 Å². The molecule has 0 radical (unpaired) electrons. The van der Waals surface area contributed by atoms with Crippen molar-refractivity contribution in [3.05, 3.63) is 71.0 Å². The zero-order chi connectivity index (χ0) is 26.1. The molecule has 2 aliphatic heterocycles. The van der Waals surface area contributed by atoms with Gasteiger partial charge in [-0.3, -0.25) is 14.6 Å². The molecule has 0 N–H and O–H groups in total. The second kappa shape index (κ2) is 8.32. The van der Waals surface area contributed by atoms with E-state index in [9.17, 15) is 18.4 Å². The van der Waals surface area contributed by atoms with Gasteiger partial charge in [0, 0.05) is 44.1 Å². The minimum Gasteiger partial charge on any atom is -0.457 e. The number of fused-ring (bicyclic) bond motifs is 1. The largest absolute Gasteiger partial charge is 0.457 e. The van der Waals surface area contributed by atoms with Gasteiger partial charge in [-0.15, -0.1) is 11.3 Å². The van der Waals surface area contributed by atoms with Gasteiger partial charge in [0.2, 0.25) is 11.8 Å². The van der Waals surface area contributed by atoms with Gasteiger partial charge in [0.25, 0.3) is 11.8 Å². The lowest BCUT2D eigenvalue weighted by molar-refractivity contribution is -0.147. The lowest BCUT2D eigenvalue weighted by atomic mass is 9.71. The summed E-state index contributed by atoms with van der Waals surface area (Å²) in [5.74, 6) is -3.35. The molecule has 3 aliphatic rings. The molecular formula is C27H22F2N4O4S. The van der Waals surface area contributed by atoms with Crippen LogP contribution >= 0.6 is 11.3 Å². The van der Waals surface area contributed by atoms with Crippen LogP contribution in [0.5, 0.6) is 11.5 Å². The normalized spacial score (nSPS) is 23.0. The van der Waals surface area contributed by atoms with Gasteiger partial charge in [0.05, 0.1) is 17.6 Å². The Labute approximate surface area is 219 Å². The summed E-state index contributed by atoms with van der Waals surface area (Å²) in [5.41, 5.74) is 2.27. The number of benzene rings is 2. The molecule has 1 saturated carbocycles. The van der Waals surface area contributed by atoms with Crippen molar-refractivity contribution in [1.29, 1.82) is 0 Å². The maximum atomic E-state index is 13.6. The average molecular weight is 537 g/mol. The van der Waals surface area contributed by atoms with E-state index in [0.717, 1.165) is 0 Å². The van der Waals surface area contributed by atoms with Crippen LogP contribution in [0.3, 0.4) is 0 Å². The number of likely N-dealkylation sites (tertiary alicyclic amines) is 2. The van der Waals surface area contributed by atoms with Crippen molar-refractivity contribution in [1.82, 2.24) is 19.8 Å². The Kier molecular flexibility index (Phi) is 5.10. The highest BCUT2D eigenvalue weighted by Gasteiger charge is 2.66. The number of alkyl halides is 2. The van der Waals surface area contributed by atoms with Gasteiger partial charge in [0.15, 0.2) is 5.58 Å². The number of nitrogens with zero attached hydrogens (tertiary/aromatic N) is 4. The molecule has 194 valence electrons. The zero-order valence-corrected chi connectivity index (χ0v) is 20.9. The number of carbonyl (C=O) groups is 2. The van der Waals surface area contributed by atoms with Gasteiger partial charge >= 0.3 is 0 Å². The third-order valence-electron chi connectivity index (χ3n) is 7.68. The number of amides is 2. The Morgan fingerprint density at radius 1 is 1.05 bits per heavy atom. The molecule has 1 unspecified atom stereocenters. The second-order valence-electron chi connectivity index (χ2n) is 10.3. The fraction of sp³-hybridized carbons (Fsp3) is 0.333. The fourth-order valence-corrected chi connectivity index (χ4v) is 6.18. The third kappa shape index (κ3) is 3.84. The SMILES string of the molecule is O=C(c1cncs1)N1CC(c2nc3cc(Oc4ccccc4)ccc3o2)C2(C1)CN(C(=O)[C@H]1CC1(F)F)C2. The summed E-state index contributed by atoms with van der Waals surface area (Å²) in [6, 6.07) is 14.8. The number of halogens is 2. The van der Waals surface area contributed by atoms with Gasteiger partial charge in [-0.05, 0) is 24.3 Å². The molecule has 3 fully saturated rings. The zero-order valence-electron chi connectivity index (χ0n) is 20.0. The molecule has 1 spiro atoms. The van der Waals surface area contributed by atoms with Crippen LogP contribution in [0.1, 0.15) is 27.9 Å². The summed E-state index contributed by atoms with van der Waals surface area (Å²) in [7, 11) is 0. The van der Waals surface area contributed by atoms with Gasteiger partial charge in [-0.25, -0.2) is 13.8 Å². The minimum absolute atomic E-state index is 0.150.